The number of hydrogen-bond acceptors (Lipinski definition) is 4. The molecule has 0 saturated heterocycles. The van der Waals surface area contributed by atoms with Crippen molar-refractivity contribution >= 4 is 24.2 Å². The Bertz CT molecular complexity index is 289. The predicted molar refractivity (Wildman–Crippen MR) is 87.3 cm³/mol. The van der Waals surface area contributed by atoms with Crippen molar-refractivity contribution in [3.05, 3.63) is 0 Å². The molecule has 0 saturated carbocycles. The first-order valence-corrected chi connectivity index (χ1v) is 7.37. The van der Waals surface area contributed by atoms with Gasteiger partial charge in [-0.1, -0.05) is 54.2 Å². The molecule has 5 heteroatoms. The van der Waals surface area contributed by atoms with Crippen LogP contribution in [0.5, 0.6) is 0 Å². The number of carbonyl (C=O) groups excluding carboxylic acids is 2. The Kier molecular flexibility index (Phi) is 11.1. The van der Waals surface area contributed by atoms with E-state index in [1.54, 1.807) is 0 Å². The van der Waals surface area contributed by atoms with Crippen LogP contribution in [-0.4, -0.2) is 31.8 Å². The summed E-state index contributed by atoms with van der Waals surface area (Å²) in [7, 11) is 2.03. The standard InChI is InChI=1S/C12H27N.C3H4O3S/c1-10(2)12(5,6)8-11(3,4)9-13-7;4-1-2-6-3(5)7/h10,13H,8-9H2,1-7H3;1H,2H2,(H,5,7). The van der Waals surface area contributed by atoms with Gasteiger partial charge in [0.05, 0.1) is 0 Å². The number of ether oxygens (including phenoxy) is 1. The van der Waals surface area contributed by atoms with Crippen LogP contribution < -0.4 is 5.32 Å². The Morgan fingerprint density at radius 1 is 1.30 bits per heavy atom. The minimum absolute atomic E-state index is 0.206. The Labute approximate surface area is 129 Å². The van der Waals surface area contributed by atoms with Gasteiger partial charge in [0, 0.05) is 0 Å². The van der Waals surface area contributed by atoms with Crippen molar-refractivity contribution in [2.75, 3.05) is 20.2 Å². The molecule has 4 nitrogen and oxygen atoms in total. The van der Waals surface area contributed by atoms with E-state index in [4.69, 9.17) is 0 Å². The van der Waals surface area contributed by atoms with Gasteiger partial charge in [-0.3, -0.25) is 4.79 Å². The fourth-order valence-electron chi connectivity index (χ4n) is 2.08. The van der Waals surface area contributed by atoms with Gasteiger partial charge in [0.2, 0.25) is 0 Å². The van der Waals surface area contributed by atoms with E-state index in [9.17, 15) is 9.59 Å². The van der Waals surface area contributed by atoms with Crippen LogP contribution in [0, 0.1) is 16.7 Å². The highest BCUT2D eigenvalue weighted by Crippen LogP contribution is 2.38. The quantitative estimate of drug-likeness (QED) is 0.429. The van der Waals surface area contributed by atoms with Crippen molar-refractivity contribution in [2.24, 2.45) is 16.7 Å². The molecule has 20 heavy (non-hydrogen) atoms. The lowest BCUT2D eigenvalue weighted by Gasteiger charge is -2.37. The van der Waals surface area contributed by atoms with Crippen LogP contribution in [0.2, 0.25) is 0 Å². The topological polar surface area (TPSA) is 55.4 Å². The van der Waals surface area contributed by atoms with Gasteiger partial charge in [0.25, 0.3) is 0 Å². The fraction of sp³-hybridized carbons (Fsp3) is 0.867. The van der Waals surface area contributed by atoms with Crippen LogP contribution in [0.25, 0.3) is 0 Å². The van der Waals surface area contributed by atoms with Gasteiger partial charge >= 0.3 is 5.30 Å². The summed E-state index contributed by atoms with van der Waals surface area (Å²) in [6.07, 6.45) is 1.76. The normalized spacial score (nSPS) is 11.7. The van der Waals surface area contributed by atoms with Crippen LogP contribution in [0.15, 0.2) is 0 Å². The highest BCUT2D eigenvalue weighted by atomic mass is 32.1. The summed E-state index contributed by atoms with van der Waals surface area (Å²) < 4.78 is 4.05. The van der Waals surface area contributed by atoms with E-state index >= 15 is 0 Å². The third-order valence-corrected chi connectivity index (χ3v) is 3.56. The number of aldehydes is 1. The molecule has 0 aromatic heterocycles. The molecule has 0 unspecified atom stereocenters. The highest BCUT2D eigenvalue weighted by molar-refractivity contribution is 7.96. The largest absolute Gasteiger partial charge is 0.450 e. The third-order valence-electron chi connectivity index (χ3n) is 3.43. The van der Waals surface area contributed by atoms with E-state index in [0.717, 1.165) is 12.5 Å². The average Bonchev–Trinajstić information content (AvgIpc) is 2.25. The second-order valence-corrected chi connectivity index (χ2v) is 7.12. The lowest BCUT2D eigenvalue weighted by atomic mass is 9.69. The fourth-order valence-corrected chi connectivity index (χ4v) is 2.16. The molecule has 0 radical (unpaired) electrons. The minimum atomic E-state index is -0.730. The lowest BCUT2D eigenvalue weighted by Crippen LogP contribution is -2.34. The predicted octanol–water partition coefficient (Wildman–Crippen LogP) is 3.56. The average molecular weight is 305 g/mol. The Morgan fingerprint density at radius 2 is 1.80 bits per heavy atom. The highest BCUT2D eigenvalue weighted by Gasteiger charge is 2.30. The van der Waals surface area contributed by atoms with Crippen LogP contribution in [0.3, 0.4) is 0 Å². The molecule has 0 aromatic rings. The third kappa shape index (κ3) is 12.5. The van der Waals surface area contributed by atoms with Gasteiger partial charge in [0.1, 0.15) is 6.61 Å². The number of rotatable bonds is 7. The Hall–Kier alpha value is -0.550. The first-order valence-electron chi connectivity index (χ1n) is 6.92. The van der Waals surface area contributed by atoms with Crippen molar-refractivity contribution in [1.82, 2.24) is 5.32 Å². The van der Waals surface area contributed by atoms with Gasteiger partial charge in [-0.2, -0.15) is 0 Å². The van der Waals surface area contributed by atoms with E-state index in [0.29, 0.717) is 17.1 Å². The molecule has 1 N–H and O–H groups in total. The second kappa shape index (κ2) is 10.2. The van der Waals surface area contributed by atoms with Crippen LogP contribution in [0.1, 0.15) is 48.0 Å². The van der Waals surface area contributed by atoms with Crippen molar-refractivity contribution in [3.63, 3.8) is 0 Å². The van der Waals surface area contributed by atoms with Crippen LogP contribution in [-0.2, 0) is 9.53 Å². The number of hydrogen-bond donors (Lipinski definition) is 2. The van der Waals surface area contributed by atoms with Gasteiger partial charge in [-0.15, -0.1) is 0 Å². The maximum atomic E-state index is 9.69. The summed E-state index contributed by atoms with van der Waals surface area (Å²) in [5.74, 6) is 0.753. The molecule has 0 heterocycles. The van der Waals surface area contributed by atoms with Gasteiger partial charge in [-0.25, -0.2) is 4.79 Å². The number of thiol groups is 1. The smallest absolute Gasteiger partial charge is 0.364 e. The molecule has 0 aliphatic carbocycles. The summed E-state index contributed by atoms with van der Waals surface area (Å²) >= 11 is 3.21. The SMILES string of the molecule is CNCC(C)(C)CC(C)(C)C(C)C.O=CCOC(=O)S. The molecular formula is C15H31NO3S. The van der Waals surface area contributed by atoms with Crippen molar-refractivity contribution < 1.29 is 14.3 Å². The maximum Gasteiger partial charge on any atom is 0.364 e. The van der Waals surface area contributed by atoms with E-state index < -0.39 is 5.30 Å². The van der Waals surface area contributed by atoms with Crippen LogP contribution >= 0.6 is 12.6 Å². The first kappa shape index (κ1) is 21.7. The first-order chi connectivity index (χ1) is 8.98. The molecule has 0 fully saturated rings. The van der Waals surface area contributed by atoms with Gasteiger partial charge in [0.15, 0.2) is 6.29 Å². The minimum Gasteiger partial charge on any atom is -0.450 e. The molecule has 0 bridgehead atoms. The maximum absolute atomic E-state index is 9.69. The molecule has 0 rings (SSSR count). The molecule has 0 aromatic carbocycles. The lowest BCUT2D eigenvalue weighted by molar-refractivity contribution is -0.110. The second-order valence-electron chi connectivity index (χ2n) is 6.76. The Balaban J connectivity index is 0. The molecule has 0 aliphatic rings. The number of nitrogens with one attached hydrogen (secondary N) is 1. The van der Waals surface area contributed by atoms with Crippen LogP contribution in [0.4, 0.5) is 4.79 Å². The summed E-state index contributed by atoms with van der Waals surface area (Å²) in [6, 6.07) is 0. The van der Waals surface area contributed by atoms with Gasteiger partial charge in [-0.05, 0) is 36.8 Å². The zero-order valence-corrected chi connectivity index (χ0v) is 14.8. The van der Waals surface area contributed by atoms with Gasteiger partial charge < -0.3 is 10.1 Å². The van der Waals surface area contributed by atoms with E-state index in [1.807, 2.05) is 7.05 Å². The Morgan fingerprint density at radius 3 is 2.05 bits per heavy atom. The summed E-state index contributed by atoms with van der Waals surface area (Å²) in [4.78, 5) is 19.1. The molecule has 0 amide bonds. The van der Waals surface area contributed by atoms with E-state index in [-0.39, 0.29) is 6.61 Å². The van der Waals surface area contributed by atoms with E-state index in [2.05, 4.69) is 64.2 Å². The van der Waals surface area contributed by atoms with Crippen molar-refractivity contribution in [2.45, 2.75) is 48.0 Å². The molecule has 0 spiro atoms. The summed E-state index contributed by atoms with van der Waals surface area (Å²) in [5.41, 5.74) is 0.850. The van der Waals surface area contributed by atoms with Crippen molar-refractivity contribution in [1.29, 1.82) is 0 Å². The monoisotopic (exact) mass is 305 g/mol. The molecular weight excluding hydrogens is 274 g/mol. The zero-order valence-electron chi connectivity index (χ0n) is 13.9. The zero-order chi connectivity index (χ0) is 16.4. The molecule has 0 aliphatic heterocycles. The molecule has 120 valence electrons. The van der Waals surface area contributed by atoms with Crippen molar-refractivity contribution in [3.8, 4) is 0 Å². The summed E-state index contributed by atoms with van der Waals surface area (Å²) in [6.45, 7) is 14.9. The van der Waals surface area contributed by atoms with E-state index in [1.165, 1.54) is 6.42 Å². The number of carbonyl (C=O) groups is 2. The molecule has 0 atom stereocenters. The summed E-state index contributed by atoms with van der Waals surface area (Å²) in [5, 5.41) is 2.54.